The molecule has 3 heterocycles. The number of hydrogen-bond acceptors (Lipinski definition) is 6. The van der Waals surface area contributed by atoms with E-state index in [1.165, 1.54) is 36.1 Å². The highest BCUT2D eigenvalue weighted by atomic mass is 16.5. The first kappa shape index (κ1) is 14.3. The zero-order valence-corrected chi connectivity index (χ0v) is 13.2. The van der Waals surface area contributed by atoms with Gasteiger partial charge in [-0.25, -0.2) is 4.79 Å². The lowest BCUT2D eigenvalue weighted by molar-refractivity contribution is 0.0519. The third kappa shape index (κ3) is 2.71. The number of oxazole rings is 1. The molecule has 7 heteroatoms. The second-order valence-corrected chi connectivity index (χ2v) is 6.06. The number of H-pyrrole nitrogens is 1. The van der Waals surface area contributed by atoms with Crippen LogP contribution in [0.1, 0.15) is 53.1 Å². The van der Waals surface area contributed by atoms with Crippen molar-refractivity contribution in [2.24, 2.45) is 0 Å². The number of nitrogens with one attached hydrogen (secondary N) is 1. The van der Waals surface area contributed by atoms with E-state index in [-0.39, 0.29) is 5.69 Å². The number of anilines is 1. The molecule has 0 saturated heterocycles. The molecule has 122 valence electrons. The number of carbonyl (C=O) groups is 1. The highest BCUT2D eigenvalue weighted by Crippen LogP contribution is 2.41. The molecule has 0 radical (unpaired) electrons. The van der Waals surface area contributed by atoms with Crippen LogP contribution < -0.4 is 4.90 Å². The lowest BCUT2D eigenvalue weighted by Gasteiger charge is -2.17. The Morgan fingerprint density at radius 3 is 3.04 bits per heavy atom. The highest BCUT2D eigenvalue weighted by Gasteiger charge is 2.31. The van der Waals surface area contributed by atoms with Crippen molar-refractivity contribution in [1.82, 2.24) is 15.2 Å². The Hall–Kier alpha value is -2.31. The van der Waals surface area contributed by atoms with Crippen LogP contribution in [0.25, 0.3) is 0 Å². The van der Waals surface area contributed by atoms with Crippen LogP contribution in [0.4, 0.5) is 6.01 Å². The molecule has 4 rings (SSSR count). The standard InChI is InChI=1S/C16H20N4O3/c1-2-22-15(21)13-9-23-16(17-13)20-7-5-11-12(6-8-20)18-19-14(11)10-3-4-10/h9-10H,2-8H2,1H3,(H,18,19). The average molecular weight is 316 g/mol. The van der Waals surface area contributed by atoms with Crippen LogP contribution in [-0.4, -0.2) is 40.8 Å². The van der Waals surface area contributed by atoms with Crippen LogP contribution in [0.15, 0.2) is 10.7 Å². The first-order chi connectivity index (χ1) is 11.3. The Morgan fingerprint density at radius 1 is 1.43 bits per heavy atom. The summed E-state index contributed by atoms with van der Waals surface area (Å²) in [5.41, 5.74) is 4.07. The summed E-state index contributed by atoms with van der Waals surface area (Å²) in [6.45, 7) is 3.71. The molecule has 1 N–H and O–H groups in total. The molecule has 1 fully saturated rings. The maximum atomic E-state index is 11.7. The van der Waals surface area contributed by atoms with Gasteiger partial charge in [0.25, 0.3) is 6.01 Å². The van der Waals surface area contributed by atoms with E-state index in [1.807, 2.05) is 0 Å². The summed E-state index contributed by atoms with van der Waals surface area (Å²) in [7, 11) is 0. The Bertz CT molecular complexity index is 717. The van der Waals surface area contributed by atoms with Gasteiger partial charge in [-0.1, -0.05) is 0 Å². The molecular weight excluding hydrogens is 296 g/mol. The van der Waals surface area contributed by atoms with Gasteiger partial charge >= 0.3 is 5.97 Å². The zero-order chi connectivity index (χ0) is 15.8. The van der Waals surface area contributed by atoms with E-state index < -0.39 is 5.97 Å². The van der Waals surface area contributed by atoms with E-state index >= 15 is 0 Å². The largest absolute Gasteiger partial charge is 0.461 e. The summed E-state index contributed by atoms with van der Waals surface area (Å²) in [6, 6.07) is 0.485. The van der Waals surface area contributed by atoms with Crippen LogP contribution in [0.2, 0.25) is 0 Å². The van der Waals surface area contributed by atoms with Gasteiger partial charge in [0.1, 0.15) is 6.26 Å². The minimum Gasteiger partial charge on any atom is -0.461 e. The van der Waals surface area contributed by atoms with Crippen LogP contribution in [0, 0.1) is 0 Å². The first-order valence-electron chi connectivity index (χ1n) is 8.20. The average Bonchev–Trinajstić information content (AvgIpc) is 3.20. The van der Waals surface area contributed by atoms with Crippen molar-refractivity contribution < 1.29 is 13.9 Å². The van der Waals surface area contributed by atoms with Crippen molar-refractivity contribution in [1.29, 1.82) is 0 Å². The molecule has 0 spiro atoms. The Kier molecular flexibility index (Phi) is 3.55. The quantitative estimate of drug-likeness (QED) is 0.869. The molecule has 0 atom stereocenters. The van der Waals surface area contributed by atoms with Crippen molar-refractivity contribution in [3.8, 4) is 0 Å². The van der Waals surface area contributed by atoms with Gasteiger partial charge < -0.3 is 14.1 Å². The molecule has 0 bridgehead atoms. The number of fused-ring (bicyclic) bond motifs is 1. The monoisotopic (exact) mass is 316 g/mol. The van der Waals surface area contributed by atoms with Crippen molar-refractivity contribution in [2.45, 2.75) is 38.5 Å². The molecule has 7 nitrogen and oxygen atoms in total. The fourth-order valence-corrected chi connectivity index (χ4v) is 3.10. The number of aromatic amines is 1. The predicted octanol–water partition coefficient (Wildman–Crippen LogP) is 2.06. The summed E-state index contributed by atoms with van der Waals surface area (Å²) in [6.07, 6.45) is 5.68. The maximum Gasteiger partial charge on any atom is 0.360 e. The van der Waals surface area contributed by atoms with Crippen molar-refractivity contribution in [2.75, 3.05) is 24.6 Å². The Balaban J connectivity index is 1.48. The van der Waals surface area contributed by atoms with Gasteiger partial charge in [0.15, 0.2) is 5.69 Å². The van der Waals surface area contributed by atoms with Crippen molar-refractivity contribution in [3.63, 3.8) is 0 Å². The number of carbonyl (C=O) groups excluding carboxylic acids is 1. The molecule has 2 aromatic rings. The van der Waals surface area contributed by atoms with Crippen molar-refractivity contribution in [3.05, 3.63) is 28.9 Å². The summed E-state index contributed by atoms with van der Waals surface area (Å²) in [5, 5.41) is 7.70. The summed E-state index contributed by atoms with van der Waals surface area (Å²) < 4.78 is 10.4. The van der Waals surface area contributed by atoms with Gasteiger partial charge in [-0.05, 0) is 31.7 Å². The zero-order valence-electron chi connectivity index (χ0n) is 13.2. The van der Waals surface area contributed by atoms with Gasteiger partial charge in [0.05, 0.1) is 12.3 Å². The van der Waals surface area contributed by atoms with Crippen LogP contribution in [0.3, 0.4) is 0 Å². The van der Waals surface area contributed by atoms with E-state index in [4.69, 9.17) is 9.15 Å². The van der Waals surface area contributed by atoms with Crippen LogP contribution in [-0.2, 0) is 17.6 Å². The number of esters is 1. The number of rotatable bonds is 4. The van der Waals surface area contributed by atoms with Gasteiger partial charge in [0, 0.05) is 31.1 Å². The van der Waals surface area contributed by atoms with Crippen molar-refractivity contribution >= 4 is 12.0 Å². The Morgan fingerprint density at radius 2 is 2.26 bits per heavy atom. The van der Waals surface area contributed by atoms with E-state index in [2.05, 4.69) is 20.1 Å². The fourth-order valence-electron chi connectivity index (χ4n) is 3.10. The van der Waals surface area contributed by atoms with Gasteiger partial charge in [-0.15, -0.1) is 0 Å². The van der Waals surface area contributed by atoms with E-state index in [9.17, 15) is 4.79 Å². The van der Waals surface area contributed by atoms with E-state index in [0.29, 0.717) is 18.5 Å². The second kappa shape index (κ2) is 5.72. The minimum atomic E-state index is -0.442. The van der Waals surface area contributed by atoms with Gasteiger partial charge in [-0.2, -0.15) is 10.1 Å². The molecule has 0 unspecified atom stereocenters. The van der Waals surface area contributed by atoms with E-state index in [1.54, 1.807) is 6.92 Å². The number of hydrogen-bond donors (Lipinski definition) is 1. The lowest BCUT2D eigenvalue weighted by atomic mass is 10.1. The molecule has 2 aliphatic rings. The highest BCUT2D eigenvalue weighted by molar-refractivity contribution is 5.87. The first-order valence-corrected chi connectivity index (χ1v) is 8.20. The SMILES string of the molecule is CCOC(=O)c1coc(N2CCc3[nH]nc(C4CC4)c3CC2)n1. The smallest absolute Gasteiger partial charge is 0.360 e. The molecule has 0 aromatic carbocycles. The van der Waals surface area contributed by atoms with Crippen LogP contribution >= 0.6 is 0 Å². The molecule has 1 aliphatic carbocycles. The molecule has 23 heavy (non-hydrogen) atoms. The van der Waals surface area contributed by atoms with Crippen LogP contribution in [0.5, 0.6) is 0 Å². The predicted molar refractivity (Wildman–Crippen MR) is 82.6 cm³/mol. The summed E-state index contributed by atoms with van der Waals surface area (Å²) >= 11 is 0. The third-order valence-corrected chi connectivity index (χ3v) is 4.46. The van der Waals surface area contributed by atoms with Gasteiger partial charge in [-0.3, -0.25) is 5.10 Å². The summed E-state index contributed by atoms with van der Waals surface area (Å²) in [5.74, 6) is 0.210. The van der Waals surface area contributed by atoms with Gasteiger partial charge in [0.2, 0.25) is 0 Å². The molecular formula is C16H20N4O3. The minimum absolute atomic E-state index is 0.227. The second-order valence-electron chi connectivity index (χ2n) is 6.06. The Labute approximate surface area is 134 Å². The third-order valence-electron chi connectivity index (χ3n) is 4.46. The molecule has 1 aliphatic heterocycles. The van der Waals surface area contributed by atoms with E-state index in [0.717, 1.165) is 25.9 Å². The number of ether oxygens (including phenoxy) is 1. The number of aromatic nitrogens is 3. The molecule has 0 amide bonds. The maximum absolute atomic E-state index is 11.7. The summed E-state index contributed by atoms with van der Waals surface area (Å²) in [4.78, 5) is 18.0. The number of nitrogens with zero attached hydrogens (tertiary/aromatic N) is 3. The molecule has 2 aromatic heterocycles. The molecule has 1 saturated carbocycles. The normalized spacial score (nSPS) is 17.7. The lowest BCUT2D eigenvalue weighted by Crippen LogP contribution is -2.26. The fraction of sp³-hybridized carbons (Fsp3) is 0.562. The topological polar surface area (TPSA) is 84.2 Å².